The third kappa shape index (κ3) is 11.7. The van der Waals surface area contributed by atoms with E-state index in [2.05, 4.69) is 11.9 Å². The van der Waals surface area contributed by atoms with E-state index in [0.717, 1.165) is 25.1 Å². The van der Waals surface area contributed by atoms with Crippen molar-refractivity contribution in [1.82, 2.24) is 4.90 Å². The summed E-state index contributed by atoms with van der Waals surface area (Å²) in [5.41, 5.74) is 0. The number of aliphatic imine (C=N–C) groups is 1. The van der Waals surface area contributed by atoms with Crippen molar-refractivity contribution in [3.05, 3.63) is 0 Å². The molecule has 1 heterocycles. The third-order valence-electron chi connectivity index (χ3n) is 4.89. The Balaban J connectivity index is 2.05. The smallest absolute Gasteiger partial charge is 0.315 e. The third-order valence-corrected chi connectivity index (χ3v) is 4.89. The number of carbonyl (C=O) groups excluding carboxylic acids is 2. The molecule has 1 N–H and O–H groups in total. The summed E-state index contributed by atoms with van der Waals surface area (Å²) in [7, 11) is 0. The summed E-state index contributed by atoms with van der Waals surface area (Å²) in [6.45, 7) is 3.91. The zero-order chi connectivity index (χ0) is 20.6. The van der Waals surface area contributed by atoms with Gasteiger partial charge in [0.05, 0.1) is 25.2 Å². The monoisotopic (exact) mass is 396 g/mol. The maximum absolute atomic E-state index is 11.8. The van der Waals surface area contributed by atoms with Crippen LogP contribution in [0.2, 0.25) is 0 Å². The molecule has 0 bridgehead atoms. The zero-order valence-corrected chi connectivity index (χ0v) is 17.3. The average molecular weight is 397 g/mol. The lowest BCUT2D eigenvalue weighted by atomic mass is 10.1. The maximum atomic E-state index is 11.8. The molecule has 0 aromatic rings. The Labute approximate surface area is 168 Å². The number of ether oxygens (including phenoxy) is 1. The molecule has 0 unspecified atom stereocenters. The average Bonchev–Trinajstić information content (AvgIpc) is 3.10. The number of carboxylic acid groups (broad SMARTS) is 1. The first kappa shape index (κ1) is 24.1. The van der Waals surface area contributed by atoms with Crippen molar-refractivity contribution < 1.29 is 24.2 Å². The SMILES string of the molecule is CCCCCCCCCCCC(=O)OC(=O)CCN1CCN=C1CCC(=O)O. The second-order valence-electron chi connectivity index (χ2n) is 7.35. The Morgan fingerprint density at radius 2 is 1.54 bits per heavy atom. The highest BCUT2D eigenvalue weighted by molar-refractivity contribution is 5.88. The van der Waals surface area contributed by atoms with Crippen molar-refractivity contribution in [3.8, 4) is 0 Å². The number of rotatable bonds is 16. The second kappa shape index (κ2) is 15.1. The van der Waals surface area contributed by atoms with Gasteiger partial charge in [0.25, 0.3) is 0 Å². The lowest BCUT2D eigenvalue weighted by molar-refractivity contribution is -0.159. The van der Waals surface area contributed by atoms with Gasteiger partial charge in [0.1, 0.15) is 0 Å². The number of hydrogen-bond acceptors (Lipinski definition) is 6. The van der Waals surface area contributed by atoms with Gasteiger partial charge in [0.15, 0.2) is 0 Å². The topological polar surface area (TPSA) is 96.3 Å². The summed E-state index contributed by atoms with van der Waals surface area (Å²) >= 11 is 0. The zero-order valence-electron chi connectivity index (χ0n) is 17.3. The van der Waals surface area contributed by atoms with Crippen LogP contribution in [-0.4, -0.2) is 53.4 Å². The minimum Gasteiger partial charge on any atom is -0.481 e. The van der Waals surface area contributed by atoms with Crippen LogP contribution in [0.1, 0.15) is 90.4 Å². The Morgan fingerprint density at radius 1 is 0.929 bits per heavy atom. The molecule has 0 amide bonds. The minimum absolute atomic E-state index is 0.0248. The predicted molar refractivity (Wildman–Crippen MR) is 108 cm³/mol. The molecule has 28 heavy (non-hydrogen) atoms. The van der Waals surface area contributed by atoms with Crippen LogP contribution in [0.25, 0.3) is 0 Å². The van der Waals surface area contributed by atoms with Crippen LogP contribution in [0.5, 0.6) is 0 Å². The number of carboxylic acids is 1. The lowest BCUT2D eigenvalue weighted by Crippen LogP contribution is -2.31. The van der Waals surface area contributed by atoms with Gasteiger partial charge in [0.2, 0.25) is 0 Å². The van der Waals surface area contributed by atoms with Gasteiger partial charge >= 0.3 is 17.9 Å². The Bertz CT molecular complexity index is 519. The van der Waals surface area contributed by atoms with Gasteiger partial charge < -0.3 is 14.7 Å². The molecule has 0 fully saturated rings. The molecule has 0 spiro atoms. The van der Waals surface area contributed by atoms with Gasteiger partial charge in [-0.3, -0.25) is 19.4 Å². The summed E-state index contributed by atoms with van der Waals surface area (Å²) in [4.78, 5) is 40.4. The van der Waals surface area contributed by atoms with Gasteiger partial charge in [-0.1, -0.05) is 58.3 Å². The second-order valence-corrected chi connectivity index (χ2v) is 7.35. The van der Waals surface area contributed by atoms with E-state index in [1.165, 1.54) is 38.5 Å². The molecular weight excluding hydrogens is 360 g/mol. The summed E-state index contributed by atoms with van der Waals surface area (Å²) in [5, 5.41) is 8.75. The predicted octanol–water partition coefficient (Wildman–Crippen LogP) is 3.95. The van der Waals surface area contributed by atoms with Crippen LogP contribution >= 0.6 is 0 Å². The molecule has 0 aromatic carbocycles. The lowest BCUT2D eigenvalue weighted by Gasteiger charge is -2.19. The Kier molecular flexibility index (Phi) is 13.0. The summed E-state index contributed by atoms with van der Waals surface area (Å²) in [5.74, 6) is -1.12. The van der Waals surface area contributed by atoms with Crippen LogP contribution < -0.4 is 0 Å². The Morgan fingerprint density at radius 3 is 2.18 bits per heavy atom. The van der Waals surface area contributed by atoms with Crippen LogP contribution in [0, 0.1) is 0 Å². The van der Waals surface area contributed by atoms with Gasteiger partial charge in [-0.05, 0) is 6.42 Å². The molecule has 1 rings (SSSR count). The maximum Gasteiger partial charge on any atom is 0.315 e. The highest BCUT2D eigenvalue weighted by atomic mass is 16.6. The summed E-state index contributed by atoms with van der Waals surface area (Å²) in [6.07, 6.45) is 11.3. The number of esters is 2. The number of nitrogens with zero attached hydrogens (tertiary/aromatic N) is 2. The normalized spacial score (nSPS) is 13.5. The van der Waals surface area contributed by atoms with Crippen molar-refractivity contribution >= 4 is 23.7 Å². The van der Waals surface area contributed by atoms with E-state index >= 15 is 0 Å². The number of unbranched alkanes of at least 4 members (excludes halogenated alkanes) is 8. The fourth-order valence-electron chi connectivity index (χ4n) is 3.26. The van der Waals surface area contributed by atoms with Crippen LogP contribution in [-0.2, 0) is 19.1 Å². The van der Waals surface area contributed by atoms with Gasteiger partial charge in [0, 0.05) is 25.9 Å². The van der Waals surface area contributed by atoms with Crippen molar-refractivity contribution in [2.75, 3.05) is 19.6 Å². The van der Waals surface area contributed by atoms with Crippen LogP contribution in [0.15, 0.2) is 4.99 Å². The van der Waals surface area contributed by atoms with E-state index < -0.39 is 17.9 Å². The van der Waals surface area contributed by atoms with Gasteiger partial charge in [-0.15, -0.1) is 0 Å². The number of aliphatic carboxylic acids is 1. The fraction of sp³-hybridized carbons (Fsp3) is 0.810. The first-order chi connectivity index (χ1) is 13.5. The van der Waals surface area contributed by atoms with E-state index in [4.69, 9.17) is 9.84 Å². The molecule has 1 aliphatic heterocycles. The quantitative estimate of drug-likeness (QED) is 0.241. The number of amidine groups is 1. The molecule has 160 valence electrons. The molecule has 7 nitrogen and oxygen atoms in total. The molecular formula is C21H36N2O5. The van der Waals surface area contributed by atoms with Gasteiger partial charge in [-0.25, -0.2) is 0 Å². The summed E-state index contributed by atoms with van der Waals surface area (Å²) < 4.78 is 4.88. The molecule has 0 saturated heterocycles. The molecule has 0 saturated carbocycles. The van der Waals surface area contributed by atoms with E-state index in [-0.39, 0.29) is 19.3 Å². The number of carbonyl (C=O) groups is 3. The molecule has 1 aliphatic rings. The van der Waals surface area contributed by atoms with E-state index in [0.29, 0.717) is 26.1 Å². The van der Waals surface area contributed by atoms with E-state index in [1.54, 1.807) is 0 Å². The molecule has 0 aromatic heterocycles. The van der Waals surface area contributed by atoms with Crippen LogP contribution in [0.4, 0.5) is 0 Å². The first-order valence-corrected chi connectivity index (χ1v) is 10.8. The Hall–Kier alpha value is -1.92. The van der Waals surface area contributed by atoms with Crippen molar-refractivity contribution in [1.29, 1.82) is 0 Å². The molecule has 0 radical (unpaired) electrons. The first-order valence-electron chi connectivity index (χ1n) is 10.8. The number of hydrogen-bond donors (Lipinski definition) is 1. The van der Waals surface area contributed by atoms with E-state index in [9.17, 15) is 14.4 Å². The highest BCUT2D eigenvalue weighted by Gasteiger charge is 2.19. The van der Waals surface area contributed by atoms with Gasteiger partial charge in [-0.2, -0.15) is 0 Å². The van der Waals surface area contributed by atoms with E-state index in [1.807, 2.05) is 4.90 Å². The molecule has 7 heteroatoms. The van der Waals surface area contributed by atoms with Crippen molar-refractivity contribution in [3.63, 3.8) is 0 Å². The largest absolute Gasteiger partial charge is 0.481 e. The van der Waals surface area contributed by atoms with Crippen molar-refractivity contribution in [2.45, 2.75) is 90.4 Å². The molecule has 0 aliphatic carbocycles. The van der Waals surface area contributed by atoms with Crippen molar-refractivity contribution in [2.24, 2.45) is 4.99 Å². The standard InChI is InChI=1S/C21H36N2O5/c1-2-3-4-5-6-7-8-9-10-11-20(26)28-21(27)14-16-23-17-15-22-18(23)12-13-19(24)25/h2-17H2,1H3,(H,24,25). The fourth-order valence-corrected chi connectivity index (χ4v) is 3.26. The minimum atomic E-state index is -0.865. The molecule has 0 atom stereocenters. The summed E-state index contributed by atoms with van der Waals surface area (Å²) in [6, 6.07) is 0. The van der Waals surface area contributed by atoms with Crippen LogP contribution in [0.3, 0.4) is 0 Å². The highest BCUT2D eigenvalue weighted by Crippen LogP contribution is 2.11.